The summed E-state index contributed by atoms with van der Waals surface area (Å²) in [5.74, 6) is 3.07. The topological polar surface area (TPSA) is 63.5 Å². The summed E-state index contributed by atoms with van der Waals surface area (Å²) in [4.78, 5) is 17.4. The van der Waals surface area contributed by atoms with Crippen molar-refractivity contribution in [3.63, 3.8) is 0 Å². The van der Waals surface area contributed by atoms with Crippen LogP contribution in [0.15, 0.2) is 24.3 Å². The second-order valence-electron chi connectivity index (χ2n) is 8.88. The van der Waals surface area contributed by atoms with Crippen molar-refractivity contribution in [3.05, 3.63) is 41.5 Å². The maximum Gasteiger partial charge on any atom is 0.266 e. The third-order valence-electron chi connectivity index (χ3n) is 5.94. The molecule has 1 aromatic heterocycles. The van der Waals surface area contributed by atoms with Crippen LogP contribution in [0.5, 0.6) is 5.75 Å². The summed E-state index contributed by atoms with van der Waals surface area (Å²) in [6, 6.07) is 7.80. The van der Waals surface area contributed by atoms with E-state index in [1.165, 1.54) is 6.42 Å². The Hall–Kier alpha value is -2.41. The van der Waals surface area contributed by atoms with Crippen LogP contribution in [0.3, 0.4) is 0 Å². The first-order chi connectivity index (χ1) is 13.8. The molecule has 4 rings (SSSR count). The van der Waals surface area contributed by atoms with Crippen LogP contribution in [0, 0.1) is 6.92 Å². The highest BCUT2D eigenvalue weighted by Gasteiger charge is 2.37. The number of aryl methyl sites for hydroxylation is 1. The number of carbonyl (C=O) groups excluding carboxylic acids is 1. The lowest BCUT2D eigenvalue weighted by atomic mass is 9.97. The maximum absolute atomic E-state index is 13.2. The molecular weight excluding hydrogens is 366 g/mol. The monoisotopic (exact) mass is 397 g/mol. The third kappa shape index (κ3) is 4.15. The number of ether oxygens (including phenoxy) is 1. The fraction of sp³-hybridized carbons (Fsp3) is 0.591. The molecule has 1 amide bonds. The van der Waals surface area contributed by atoms with Gasteiger partial charge in [0.15, 0.2) is 11.4 Å². The Labute approximate surface area is 172 Å². The number of benzene rings is 1. The van der Waals surface area contributed by atoms with Crippen LogP contribution in [-0.4, -0.2) is 62.8 Å². The van der Waals surface area contributed by atoms with Gasteiger partial charge in [-0.2, -0.15) is 0 Å². The quantitative estimate of drug-likeness (QED) is 0.794. The Kier molecular flexibility index (Phi) is 5.34. The van der Waals surface area contributed by atoms with Crippen molar-refractivity contribution in [3.8, 4) is 5.75 Å². The van der Waals surface area contributed by atoms with E-state index in [4.69, 9.17) is 4.74 Å². The van der Waals surface area contributed by atoms with E-state index in [9.17, 15) is 4.79 Å². The molecule has 29 heavy (non-hydrogen) atoms. The van der Waals surface area contributed by atoms with Gasteiger partial charge in [0.05, 0.1) is 6.54 Å². The number of amides is 1. The third-order valence-corrected chi connectivity index (χ3v) is 5.94. The summed E-state index contributed by atoms with van der Waals surface area (Å²) >= 11 is 0. The van der Waals surface area contributed by atoms with Crippen molar-refractivity contribution < 1.29 is 9.53 Å². The molecule has 3 heterocycles. The molecule has 0 N–H and O–H groups in total. The van der Waals surface area contributed by atoms with Crippen molar-refractivity contribution in [1.82, 2.24) is 24.6 Å². The molecule has 0 saturated carbocycles. The minimum Gasteiger partial charge on any atom is -0.478 e. The Balaban J connectivity index is 1.46. The number of piperidine rings is 1. The summed E-state index contributed by atoms with van der Waals surface area (Å²) in [5.41, 5.74) is 0.169. The normalized spacial score (nSPS) is 20.4. The highest BCUT2D eigenvalue weighted by Crippen LogP contribution is 2.28. The van der Waals surface area contributed by atoms with E-state index < -0.39 is 5.60 Å². The van der Waals surface area contributed by atoms with E-state index in [2.05, 4.69) is 26.7 Å². The number of aromatic nitrogens is 3. The number of likely N-dealkylation sites (tertiary alicyclic amines) is 1. The number of hydrogen-bond acceptors (Lipinski definition) is 5. The van der Waals surface area contributed by atoms with Gasteiger partial charge in [-0.1, -0.05) is 12.1 Å². The molecule has 0 unspecified atom stereocenters. The van der Waals surface area contributed by atoms with Gasteiger partial charge in [0.1, 0.15) is 11.6 Å². The molecule has 1 atom stereocenters. The fourth-order valence-electron chi connectivity index (χ4n) is 4.43. The molecule has 1 fully saturated rings. The zero-order valence-corrected chi connectivity index (χ0v) is 17.9. The SMILES string of the molecule is Cc1cccc(OC(C)(C)C(=O)N2CCn3c(nnc3[C@@H]3CCCN(C)C3)C2)c1. The molecule has 2 aromatic rings. The van der Waals surface area contributed by atoms with Crippen molar-refractivity contribution in [2.75, 3.05) is 26.7 Å². The smallest absolute Gasteiger partial charge is 0.266 e. The molecule has 1 aromatic carbocycles. The molecule has 7 nitrogen and oxygen atoms in total. The molecular formula is C22H31N5O2. The second kappa shape index (κ2) is 7.78. The van der Waals surface area contributed by atoms with Crippen molar-refractivity contribution in [1.29, 1.82) is 0 Å². The van der Waals surface area contributed by atoms with Crippen molar-refractivity contribution >= 4 is 5.91 Å². The number of carbonyl (C=O) groups is 1. The first-order valence-electron chi connectivity index (χ1n) is 10.5. The van der Waals surface area contributed by atoms with E-state index >= 15 is 0 Å². The summed E-state index contributed by atoms with van der Waals surface area (Å²) in [6.45, 7) is 9.73. The van der Waals surface area contributed by atoms with Gasteiger partial charge in [0, 0.05) is 25.6 Å². The zero-order chi connectivity index (χ0) is 20.6. The lowest BCUT2D eigenvalue weighted by molar-refractivity contribution is -0.147. The summed E-state index contributed by atoms with van der Waals surface area (Å²) in [5, 5.41) is 8.93. The second-order valence-corrected chi connectivity index (χ2v) is 8.88. The molecule has 2 aliphatic rings. The number of fused-ring (bicyclic) bond motifs is 1. The molecule has 0 radical (unpaired) electrons. The molecule has 156 valence electrons. The molecule has 2 aliphatic heterocycles. The Morgan fingerprint density at radius 2 is 2.03 bits per heavy atom. The Bertz CT molecular complexity index is 891. The molecule has 0 bridgehead atoms. The van der Waals surface area contributed by atoms with Gasteiger partial charge in [-0.3, -0.25) is 4.79 Å². The molecule has 0 aliphatic carbocycles. The van der Waals surface area contributed by atoms with Crippen LogP contribution in [0.4, 0.5) is 0 Å². The lowest BCUT2D eigenvalue weighted by Gasteiger charge is -2.35. The summed E-state index contributed by atoms with van der Waals surface area (Å²) in [7, 11) is 2.16. The number of rotatable bonds is 4. The van der Waals surface area contributed by atoms with E-state index in [-0.39, 0.29) is 5.91 Å². The predicted octanol–water partition coefficient (Wildman–Crippen LogP) is 2.60. The molecule has 1 saturated heterocycles. The van der Waals surface area contributed by atoms with E-state index in [1.54, 1.807) is 0 Å². The van der Waals surface area contributed by atoms with Crippen molar-refractivity contribution in [2.45, 2.75) is 58.2 Å². The van der Waals surface area contributed by atoms with Crippen LogP contribution in [0.1, 0.15) is 49.8 Å². The van der Waals surface area contributed by atoms with Crippen LogP contribution >= 0.6 is 0 Å². The predicted molar refractivity (Wildman–Crippen MR) is 111 cm³/mol. The van der Waals surface area contributed by atoms with Gasteiger partial charge in [0.2, 0.25) is 0 Å². The van der Waals surface area contributed by atoms with Crippen LogP contribution in [0.2, 0.25) is 0 Å². The maximum atomic E-state index is 13.2. The largest absolute Gasteiger partial charge is 0.478 e. The Morgan fingerprint density at radius 1 is 1.21 bits per heavy atom. The summed E-state index contributed by atoms with van der Waals surface area (Å²) < 4.78 is 8.28. The van der Waals surface area contributed by atoms with Gasteiger partial charge < -0.3 is 19.1 Å². The van der Waals surface area contributed by atoms with Gasteiger partial charge >= 0.3 is 0 Å². The van der Waals surface area contributed by atoms with Gasteiger partial charge in [0.25, 0.3) is 5.91 Å². The highest BCUT2D eigenvalue weighted by atomic mass is 16.5. The van der Waals surface area contributed by atoms with Crippen LogP contribution in [0.25, 0.3) is 0 Å². The fourth-order valence-corrected chi connectivity index (χ4v) is 4.43. The van der Waals surface area contributed by atoms with Crippen LogP contribution in [-0.2, 0) is 17.9 Å². The molecule has 7 heteroatoms. The highest BCUT2D eigenvalue weighted by molar-refractivity contribution is 5.84. The minimum atomic E-state index is -0.940. The average Bonchev–Trinajstić information content (AvgIpc) is 3.10. The van der Waals surface area contributed by atoms with E-state index in [1.807, 2.05) is 49.9 Å². The first kappa shape index (κ1) is 19.9. The molecule has 0 spiro atoms. The van der Waals surface area contributed by atoms with Crippen LogP contribution < -0.4 is 4.74 Å². The number of hydrogen-bond donors (Lipinski definition) is 0. The average molecular weight is 398 g/mol. The van der Waals surface area contributed by atoms with Gasteiger partial charge in [-0.05, 0) is 64.9 Å². The van der Waals surface area contributed by atoms with Gasteiger partial charge in [-0.25, -0.2) is 0 Å². The van der Waals surface area contributed by atoms with E-state index in [0.29, 0.717) is 24.8 Å². The first-order valence-corrected chi connectivity index (χ1v) is 10.5. The van der Waals surface area contributed by atoms with E-state index in [0.717, 1.165) is 43.3 Å². The number of likely N-dealkylation sites (N-methyl/N-ethyl adjacent to an activating group) is 1. The summed E-state index contributed by atoms with van der Waals surface area (Å²) in [6.07, 6.45) is 2.35. The minimum absolute atomic E-state index is 0.0211. The number of nitrogens with zero attached hydrogens (tertiary/aromatic N) is 5. The van der Waals surface area contributed by atoms with Crippen molar-refractivity contribution in [2.24, 2.45) is 0 Å². The van der Waals surface area contributed by atoms with Gasteiger partial charge in [-0.15, -0.1) is 10.2 Å². The lowest BCUT2D eigenvalue weighted by Crippen LogP contribution is -2.51. The Morgan fingerprint density at radius 3 is 2.79 bits per heavy atom. The standard InChI is InChI=1S/C22H31N5O2/c1-16-7-5-9-18(13-16)29-22(2,3)21(28)26-11-12-27-19(15-26)23-24-20(27)17-8-6-10-25(4)14-17/h5,7,9,13,17H,6,8,10-12,14-15H2,1-4H3/t17-/m1/s1. The zero-order valence-electron chi connectivity index (χ0n) is 17.9.